The molecule has 0 atom stereocenters. The first-order valence-electron chi connectivity index (χ1n) is 9.20. The van der Waals surface area contributed by atoms with Gasteiger partial charge in [-0.05, 0) is 51.8 Å². The zero-order chi connectivity index (χ0) is 20.5. The molecule has 0 saturated carbocycles. The molecule has 3 aromatic rings. The fourth-order valence-corrected chi connectivity index (χ4v) is 5.11. The van der Waals surface area contributed by atoms with Crippen molar-refractivity contribution in [1.82, 2.24) is 9.46 Å². The van der Waals surface area contributed by atoms with E-state index in [0.717, 1.165) is 11.3 Å². The van der Waals surface area contributed by atoms with Gasteiger partial charge in [-0.25, -0.2) is 8.42 Å². The van der Waals surface area contributed by atoms with Crippen LogP contribution in [0.4, 0.5) is 0 Å². The molecule has 5 nitrogen and oxygen atoms in total. The average Bonchev–Trinajstić information content (AvgIpc) is 3.06. The molecule has 0 aliphatic rings. The van der Waals surface area contributed by atoms with E-state index in [4.69, 9.17) is 4.52 Å². The van der Waals surface area contributed by atoms with Gasteiger partial charge in [-0.15, -0.1) is 0 Å². The first kappa shape index (κ1) is 20.3. The van der Waals surface area contributed by atoms with Crippen molar-refractivity contribution in [2.75, 3.05) is 0 Å². The summed E-state index contributed by atoms with van der Waals surface area (Å²) in [6.07, 6.45) is 0. The molecule has 0 bridgehead atoms. The van der Waals surface area contributed by atoms with Crippen LogP contribution in [0, 0.1) is 13.8 Å². The van der Waals surface area contributed by atoms with Crippen LogP contribution in [0.5, 0.6) is 0 Å². The number of nitrogens with zero attached hydrogens (tertiary/aromatic N) is 2. The highest BCUT2D eigenvalue weighted by atomic mass is 32.2. The van der Waals surface area contributed by atoms with Gasteiger partial charge in [-0.3, -0.25) is 0 Å². The molecule has 0 radical (unpaired) electrons. The summed E-state index contributed by atoms with van der Waals surface area (Å²) in [7, 11) is -3.74. The van der Waals surface area contributed by atoms with Crippen molar-refractivity contribution in [2.45, 2.75) is 51.6 Å². The van der Waals surface area contributed by atoms with Gasteiger partial charge >= 0.3 is 0 Å². The number of aryl methyl sites for hydroxylation is 2. The first-order chi connectivity index (χ1) is 13.1. The van der Waals surface area contributed by atoms with Crippen LogP contribution < -0.4 is 0 Å². The first-order valence-corrected chi connectivity index (χ1v) is 10.6. The summed E-state index contributed by atoms with van der Waals surface area (Å²) in [6, 6.07) is 16.8. The van der Waals surface area contributed by atoms with Crippen molar-refractivity contribution >= 4 is 10.0 Å². The molecule has 148 valence electrons. The maximum atomic E-state index is 13.7. The van der Waals surface area contributed by atoms with Crippen LogP contribution in [0.25, 0.3) is 11.3 Å². The number of rotatable bonds is 5. The van der Waals surface area contributed by atoms with E-state index in [2.05, 4.69) is 5.16 Å². The van der Waals surface area contributed by atoms with Crippen molar-refractivity contribution in [1.29, 1.82) is 0 Å². The van der Waals surface area contributed by atoms with Crippen LogP contribution in [-0.2, 0) is 16.6 Å². The van der Waals surface area contributed by atoms with Gasteiger partial charge in [0.1, 0.15) is 0 Å². The molecule has 2 aromatic carbocycles. The SMILES string of the molecule is Cc1cc(-c2ccc(C)c(S(=O)(=O)N(Cc3ccccc3)C(C)(C)C)c2)on1. The number of sulfonamides is 1. The Balaban J connectivity index is 2.08. The van der Waals surface area contributed by atoms with Crippen molar-refractivity contribution in [2.24, 2.45) is 0 Å². The van der Waals surface area contributed by atoms with Gasteiger partial charge < -0.3 is 4.52 Å². The number of aromatic nitrogens is 1. The second-order valence-corrected chi connectivity index (χ2v) is 9.81. The predicted octanol–water partition coefficient (Wildman–Crippen LogP) is 4.95. The Hall–Kier alpha value is -2.44. The highest BCUT2D eigenvalue weighted by Gasteiger charge is 2.35. The highest BCUT2D eigenvalue weighted by molar-refractivity contribution is 7.89. The van der Waals surface area contributed by atoms with E-state index in [1.165, 1.54) is 0 Å². The van der Waals surface area contributed by atoms with Crippen LogP contribution >= 0.6 is 0 Å². The lowest BCUT2D eigenvalue weighted by Crippen LogP contribution is -2.45. The molecular weight excluding hydrogens is 372 g/mol. The third-order valence-corrected chi connectivity index (χ3v) is 6.84. The summed E-state index contributed by atoms with van der Waals surface area (Å²) in [6.45, 7) is 9.68. The van der Waals surface area contributed by atoms with Gasteiger partial charge in [0.25, 0.3) is 0 Å². The summed E-state index contributed by atoms with van der Waals surface area (Å²) >= 11 is 0. The Morgan fingerprint density at radius 1 is 1.00 bits per heavy atom. The Morgan fingerprint density at radius 3 is 2.25 bits per heavy atom. The summed E-state index contributed by atoms with van der Waals surface area (Å²) in [4.78, 5) is 0.282. The minimum atomic E-state index is -3.74. The monoisotopic (exact) mass is 398 g/mol. The molecule has 1 heterocycles. The Kier molecular flexibility index (Phi) is 5.46. The lowest BCUT2D eigenvalue weighted by Gasteiger charge is -2.35. The van der Waals surface area contributed by atoms with E-state index in [1.807, 2.05) is 77.1 Å². The Bertz CT molecular complexity index is 1060. The van der Waals surface area contributed by atoms with Gasteiger partial charge in [0.2, 0.25) is 10.0 Å². The molecule has 3 rings (SSSR count). The topological polar surface area (TPSA) is 63.4 Å². The van der Waals surface area contributed by atoms with E-state index in [-0.39, 0.29) is 4.90 Å². The molecule has 0 aliphatic carbocycles. The van der Waals surface area contributed by atoms with E-state index in [9.17, 15) is 8.42 Å². The quantitative estimate of drug-likeness (QED) is 0.610. The highest BCUT2D eigenvalue weighted by Crippen LogP contribution is 2.31. The summed E-state index contributed by atoms with van der Waals surface area (Å²) in [5.74, 6) is 0.555. The minimum absolute atomic E-state index is 0.282. The zero-order valence-electron chi connectivity index (χ0n) is 16.9. The second-order valence-electron chi connectivity index (χ2n) is 7.98. The third kappa shape index (κ3) is 4.18. The minimum Gasteiger partial charge on any atom is -0.356 e. The number of benzene rings is 2. The predicted molar refractivity (Wildman–Crippen MR) is 110 cm³/mol. The number of hydrogen-bond donors (Lipinski definition) is 0. The van der Waals surface area contributed by atoms with Crippen LogP contribution in [0.2, 0.25) is 0 Å². The van der Waals surface area contributed by atoms with Gasteiger partial charge in [0, 0.05) is 23.7 Å². The zero-order valence-corrected chi connectivity index (χ0v) is 17.7. The van der Waals surface area contributed by atoms with Gasteiger partial charge in [0.15, 0.2) is 5.76 Å². The van der Waals surface area contributed by atoms with Gasteiger partial charge in [0.05, 0.1) is 10.6 Å². The van der Waals surface area contributed by atoms with Crippen molar-refractivity contribution < 1.29 is 12.9 Å². The standard InChI is InChI=1S/C22H26N2O3S/c1-16-11-12-19(20-13-17(2)23-27-20)14-21(16)28(25,26)24(22(3,4)5)15-18-9-7-6-8-10-18/h6-14H,15H2,1-5H3. The van der Waals surface area contributed by atoms with E-state index in [1.54, 1.807) is 16.4 Å². The molecule has 0 amide bonds. The Morgan fingerprint density at radius 2 is 1.68 bits per heavy atom. The van der Waals surface area contributed by atoms with E-state index < -0.39 is 15.6 Å². The molecule has 6 heteroatoms. The summed E-state index contributed by atoms with van der Waals surface area (Å²) in [5.41, 5.74) is 2.50. The molecule has 28 heavy (non-hydrogen) atoms. The lowest BCUT2D eigenvalue weighted by atomic mass is 10.1. The maximum Gasteiger partial charge on any atom is 0.244 e. The largest absolute Gasteiger partial charge is 0.356 e. The average molecular weight is 399 g/mol. The van der Waals surface area contributed by atoms with Crippen LogP contribution in [-0.4, -0.2) is 23.4 Å². The normalized spacial score (nSPS) is 12.5. The summed E-state index contributed by atoms with van der Waals surface area (Å²) < 4.78 is 34.2. The van der Waals surface area contributed by atoms with Crippen molar-refractivity contribution in [3.8, 4) is 11.3 Å². The molecule has 0 aliphatic heterocycles. The molecule has 0 saturated heterocycles. The Labute approximate surface area is 167 Å². The molecule has 0 fully saturated rings. The molecular formula is C22H26N2O3S. The van der Waals surface area contributed by atoms with Crippen LogP contribution in [0.15, 0.2) is 64.0 Å². The van der Waals surface area contributed by atoms with E-state index >= 15 is 0 Å². The number of hydrogen-bond acceptors (Lipinski definition) is 4. The van der Waals surface area contributed by atoms with E-state index in [0.29, 0.717) is 23.4 Å². The fourth-order valence-electron chi connectivity index (χ4n) is 3.08. The van der Waals surface area contributed by atoms with Crippen LogP contribution in [0.1, 0.15) is 37.6 Å². The molecule has 0 spiro atoms. The molecule has 0 unspecified atom stereocenters. The smallest absolute Gasteiger partial charge is 0.244 e. The summed E-state index contributed by atoms with van der Waals surface area (Å²) in [5, 5.41) is 3.90. The van der Waals surface area contributed by atoms with Crippen LogP contribution in [0.3, 0.4) is 0 Å². The molecule has 1 aromatic heterocycles. The molecule has 0 N–H and O–H groups in total. The fraction of sp³-hybridized carbons (Fsp3) is 0.318. The van der Waals surface area contributed by atoms with Gasteiger partial charge in [-0.1, -0.05) is 47.6 Å². The van der Waals surface area contributed by atoms with Crippen molar-refractivity contribution in [3.63, 3.8) is 0 Å². The lowest BCUT2D eigenvalue weighted by molar-refractivity contribution is 0.242. The second kappa shape index (κ2) is 7.53. The van der Waals surface area contributed by atoms with Gasteiger partial charge in [-0.2, -0.15) is 4.31 Å². The maximum absolute atomic E-state index is 13.7. The third-order valence-electron chi connectivity index (χ3n) is 4.59. The van der Waals surface area contributed by atoms with Crippen molar-refractivity contribution in [3.05, 3.63) is 71.4 Å².